The maximum atomic E-state index is 12.1. The molecule has 8 heteroatoms. The summed E-state index contributed by atoms with van der Waals surface area (Å²) >= 11 is 0. The summed E-state index contributed by atoms with van der Waals surface area (Å²) in [7, 11) is 1.56. The Morgan fingerprint density at radius 3 is 2.68 bits per heavy atom. The first-order chi connectivity index (χ1) is 10.3. The summed E-state index contributed by atoms with van der Waals surface area (Å²) in [5.41, 5.74) is 4.26. The highest BCUT2D eigenvalue weighted by atomic mass is 16.2. The summed E-state index contributed by atoms with van der Waals surface area (Å²) in [4.78, 5) is 30.5. The van der Waals surface area contributed by atoms with Gasteiger partial charge in [-0.3, -0.25) is 18.9 Å². The fourth-order valence-corrected chi connectivity index (χ4v) is 1.97. The molecule has 0 atom stereocenters. The van der Waals surface area contributed by atoms with Crippen LogP contribution in [0.15, 0.2) is 26.8 Å². The van der Waals surface area contributed by atoms with Crippen LogP contribution in [0.5, 0.6) is 0 Å². The second-order valence-electron chi connectivity index (χ2n) is 5.28. The summed E-state index contributed by atoms with van der Waals surface area (Å²) in [6.07, 6.45) is 0.798. The minimum atomic E-state index is -0.503. The van der Waals surface area contributed by atoms with Gasteiger partial charge in [-0.25, -0.2) is 10.2 Å². The van der Waals surface area contributed by atoms with Crippen LogP contribution in [0.25, 0.3) is 11.2 Å². The van der Waals surface area contributed by atoms with Gasteiger partial charge in [-0.05, 0) is 20.3 Å². The van der Waals surface area contributed by atoms with Crippen molar-refractivity contribution in [1.82, 2.24) is 19.1 Å². The molecular formula is C14H20N6O2. The van der Waals surface area contributed by atoms with Crippen LogP contribution in [0.2, 0.25) is 0 Å². The molecule has 0 saturated heterocycles. The zero-order chi connectivity index (χ0) is 16.4. The van der Waals surface area contributed by atoms with E-state index in [1.807, 2.05) is 20.8 Å². The fraction of sp³-hybridized carbons (Fsp3) is 0.429. The van der Waals surface area contributed by atoms with Gasteiger partial charge < -0.3 is 0 Å². The Morgan fingerprint density at radius 2 is 2.09 bits per heavy atom. The molecule has 0 saturated carbocycles. The van der Waals surface area contributed by atoms with Gasteiger partial charge in [-0.2, -0.15) is 10.1 Å². The Kier molecular flexibility index (Phi) is 4.30. The van der Waals surface area contributed by atoms with E-state index in [4.69, 9.17) is 0 Å². The molecule has 0 aliphatic heterocycles. The predicted molar refractivity (Wildman–Crippen MR) is 87.4 cm³/mol. The summed E-state index contributed by atoms with van der Waals surface area (Å²) in [6.45, 7) is 10.0. The van der Waals surface area contributed by atoms with E-state index < -0.39 is 11.2 Å². The molecule has 0 aromatic carbocycles. The third kappa shape index (κ3) is 2.85. The number of H-pyrrole nitrogens is 1. The van der Waals surface area contributed by atoms with E-state index in [0.29, 0.717) is 23.7 Å². The number of aryl methyl sites for hydroxylation is 1. The number of fused-ring (bicyclic) bond motifs is 1. The van der Waals surface area contributed by atoms with Crippen LogP contribution < -0.4 is 16.7 Å². The number of anilines is 1. The van der Waals surface area contributed by atoms with Crippen molar-refractivity contribution in [1.29, 1.82) is 0 Å². The number of hydrogen-bond donors (Lipinski definition) is 2. The molecule has 2 heterocycles. The van der Waals surface area contributed by atoms with Gasteiger partial charge >= 0.3 is 5.69 Å². The predicted octanol–water partition coefficient (Wildman–Crippen LogP) is 1.20. The van der Waals surface area contributed by atoms with Gasteiger partial charge in [0.2, 0.25) is 5.95 Å². The van der Waals surface area contributed by atoms with Crippen LogP contribution in [0.3, 0.4) is 0 Å². The van der Waals surface area contributed by atoms with Crippen molar-refractivity contribution in [3.8, 4) is 0 Å². The number of hydrogen-bond acceptors (Lipinski definition) is 5. The van der Waals surface area contributed by atoms with Crippen molar-refractivity contribution in [3.63, 3.8) is 0 Å². The molecule has 0 bridgehead atoms. The molecular weight excluding hydrogens is 284 g/mol. The number of imidazole rings is 1. The van der Waals surface area contributed by atoms with Gasteiger partial charge in [0.05, 0.1) is 0 Å². The maximum absolute atomic E-state index is 12.1. The highest BCUT2D eigenvalue weighted by Crippen LogP contribution is 2.16. The lowest BCUT2D eigenvalue weighted by molar-refractivity contribution is 0.799. The zero-order valence-corrected chi connectivity index (χ0v) is 13.2. The molecule has 0 spiro atoms. The fourth-order valence-electron chi connectivity index (χ4n) is 1.97. The Hall–Kier alpha value is -2.64. The molecule has 0 amide bonds. The maximum Gasteiger partial charge on any atom is 0.329 e. The first-order valence-electron chi connectivity index (χ1n) is 6.98. The third-order valence-electron chi connectivity index (χ3n) is 3.29. The van der Waals surface area contributed by atoms with Crippen LogP contribution in [-0.2, 0) is 13.6 Å². The first-order valence-corrected chi connectivity index (χ1v) is 6.98. The van der Waals surface area contributed by atoms with E-state index in [-0.39, 0.29) is 0 Å². The van der Waals surface area contributed by atoms with Crippen LogP contribution in [0, 0.1) is 0 Å². The highest BCUT2D eigenvalue weighted by molar-refractivity contribution is 5.82. The van der Waals surface area contributed by atoms with Gasteiger partial charge in [0.15, 0.2) is 11.2 Å². The van der Waals surface area contributed by atoms with E-state index in [9.17, 15) is 9.59 Å². The van der Waals surface area contributed by atoms with Crippen molar-refractivity contribution < 1.29 is 0 Å². The molecule has 0 aliphatic rings. The summed E-state index contributed by atoms with van der Waals surface area (Å²) < 4.78 is 2.97. The first kappa shape index (κ1) is 15.7. The minimum absolute atomic E-state index is 0.307. The lowest BCUT2D eigenvalue weighted by atomic mass is 10.3. The zero-order valence-electron chi connectivity index (χ0n) is 13.2. The second kappa shape index (κ2) is 6.00. The average molecular weight is 304 g/mol. The van der Waals surface area contributed by atoms with E-state index in [1.54, 1.807) is 11.6 Å². The SMILES string of the molecule is C=C(C)Cn1c(N/N=C(/C)CC)nc2c1c(=O)[nH]c(=O)n2C. The summed E-state index contributed by atoms with van der Waals surface area (Å²) in [6, 6.07) is 0. The van der Waals surface area contributed by atoms with Crippen LogP contribution >= 0.6 is 0 Å². The molecule has 0 fully saturated rings. The summed E-state index contributed by atoms with van der Waals surface area (Å²) in [5.74, 6) is 0.400. The van der Waals surface area contributed by atoms with Gasteiger partial charge in [0, 0.05) is 19.3 Å². The number of rotatable bonds is 5. The van der Waals surface area contributed by atoms with Crippen molar-refractivity contribution in [2.45, 2.75) is 33.7 Å². The Balaban J connectivity index is 2.72. The molecule has 2 rings (SSSR count). The molecule has 2 N–H and O–H groups in total. The van der Waals surface area contributed by atoms with Crippen LogP contribution in [0.4, 0.5) is 5.95 Å². The third-order valence-corrected chi connectivity index (χ3v) is 3.29. The van der Waals surface area contributed by atoms with Gasteiger partial charge in [-0.15, -0.1) is 0 Å². The van der Waals surface area contributed by atoms with Crippen molar-refractivity contribution >= 4 is 22.8 Å². The number of aromatic amines is 1. The Labute approximate surface area is 127 Å². The number of aromatic nitrogens is 4. The molecule has 2 aromatic heterocycles. The van der Waals surface area contributed by atoms with Gasteiger partial charge in [0.25, 0.3) is 5.56 Å². The average Bonchev–Trinajstić information content (AvgIpc) is 2.80. The monoisotopic (exact) mass is 304 g/mol. The van der Waals surface area contributed by atoms with Crippen molar-refractivity contribution in [2.24, 2.45) is 12.1 Å². The molecule has 2 aromatic rings. The topological polar surface area (TPSA) is 97.1 Å². The van der Waals surface area contributed by atoms with Crippen LogP contribution in [0.1, 0.15) is 27.2 Å². The quantitative estimate of drug-likeness (QED) is 0.492. The molecule has 0 radical (unpaired) electrons. The minimum Gasteiger partial charge on any atom is -0.299 e. The number of nitrogens with zero attached hydrogens (tertiary/aromatic N) is 4. The van der Waals surface area contributed by atoms with E-state index >= 15 is 0 Å². The molecule has 0 aliphatic carbocycles. The smallest absolute Gasteiger partial charge is 0.299 e. The Morgan fingerprint density at radius 1 is 1.41 bits per heavy atom. The lowest BCUT2D eigenvalue weighted by Crippen LogP contribution is -2.29. The van der Waals surface area contributed by atoms with Crippen molar-refractivity contribution in [2.75, 3.05) is 5.43 Å². The Bertz CT molecular complexity index is 868. The molecule has 8 nitrogen and oxygen atoms in total. The molecule has 22 heavy (non-hydrogen) atoms. The second-order valence-corrected chi connectivity index (χ2v) is 5.28. The van der Waals surface area contributed by atoms with E-state index in [0.717, 1.165) is 17.7 Å². The molecule has 0 unspecified atom stereocenters. The number of nitrogens with one attached hydrogen (secondary N) is 2. The van der Waals surface area contributed by atoms with Crippen molar-refractivity contribution in [3.05, 3.63) is 33.0 Å². The number of allylic oxidation sites excluding steroid dienone is 1. The van der Waals surface area contributed by atoms with E-state index in [2.05, 4.69) is 27.1 Å². The normalized spacial score (nSPS) is 11.9. The number of hydrazone groups is 1. The standard InChI is InChI=1S/C14H20N6O2/c1-6-9(4)17-18-13-15-11-10(20(13)7-8(2)3)12(21)16-14(22)19(11)5/h2,6-7H2,1,3-5H3,(H,15,18)(H,16,21,22)/b17-9-. The largest absolute Gasteiger partial charge is 0.329 e. The lowest BCUT2D eigenvalue weighted by Gasteiger charge is -2.08. The van der Waals surface area contributed by atoms with Gasteiger partial charge in [-0.1, -0.05) is 19.1 Å². The summed E-state index contributed by atoms with van der Waals surface area (Å²) in [5, 5.41) is 4.21. The highest BCUT2D eigenvalue weighted by Gasteiger charge is 2.17. The van der Waals surface area contributed by atoms with E-state index in [1.165, 1.54) is 4.57 Å². The molecule has 118 valence electrons. The van der Waals surface area contributed by atoms with Crippen LogP contribution in [-0.4, -0.2) is 24.8 Å². The van der Waals surface area contributed by atoms with Gasteiger partial charge in [0.1, 0.15) is 0 Å².